The molecule has 1 spiro atoms. The first-order valence-electron chi connectivity index (χ1n) is 10.1. The molecule has 1 unspecified atom stereocenters. The Morgan fingerprint density at radius 1 is 1.20 bits per heavy atom. The normalized spacial score (nSPS) is 23.2. The van der Waals surface area contributed by atoms with E-state index in [1.807, 2.05) is 48.1 Å². The number of hydrogen-bond acceptors (Lipinski definition) is 6. The second kappa shape index (κ2) is 7.07. The van der Waals surface area contributed by atoms with Crippen molar-refractivity contribution in [2.24, 2.45) is 7.05 Å². The minimum absolute atomic E-state index is 0.170. The molecule has 1 atom stereocenters. The van der Waals surface area contributed by atoms with Gasteiger partial charge < -0.3 is 23.8 Å². The Hall–Kier alpha value is -2.97. The van der Waals surface area contributed by atoms with E-state index in [1.165, 1.54) is 0 Å². The van der Waals surface area contributed by atoms with Crippen LogP contribution in [0, 0.1) is 0 Å². The number of benzene rings is 1. The van der Waals surface area contributed by atoms with Crippen LogP contribution in [0.2, 0.25) is 0 Å². The van der Waals surface area contributed by atoms with Gasteiger partial charge in [-0.15, -0.1) is 0 Å². The highest BCUT2D eigenvalue weighted by Gasteiger charge is 2.52. The summed E-state index contributed by atoms with van der Waals surface area (Å²) in [5.41, 5.74) is 0.0196. The molecule has 2 aromatic heterocycles. The molecule has 0 radical (unpaired) electrons. The van der Waals surface area contributed by atoms with Crippen molar-refractivity contribution < 1.29 is 19.2 Å². The highest BCUT2D eigenvalue weighted by atomic mass is 16.5. The smallest absolute Gasteiger partial charge is 0.292 e. The molecule has 8 nitrogen and oxygen atoms in total. The summed E-state index contributed by atoms with van der Waals surface area (Å²) in [4.78, 5) is 19.0. The number of likely N-dealkylation sites (tertiary alicyclic amines) is 1. The molecule has 30 heavy (non-hydrogen) atoms. The third-order valence-electron chi connectivity index (χ3n) is 6.22. The fraction of sp³-hybridized carbons (Fsp3) is 0.409. The van der Waals surface area contributed by atoms with Gasteiger partial charge in [0.1, 0.15) is 17.1 Å². The van der Waals surface area contributed by atoms with Gasteiger partial charge in [-0.05, 0) is 12.8 Å². The molecule has 2 fully saturated rings. The van der Waals surface area contributed by atoms with Crippen LogP contribution in [0.5, 0.6) is 0 Å². The Kier molecular flexibility index (Phi) is 4.48. The minimum atomic E-state index is -1.10. The predicted octanol–water partition coefficient (Wildman–Crippen LogP) is 2.36. The van der Waals surface area contributed by atoms with Crippen LogP contribution in [0.25, 0.3) is 11.3 Å². The number of ether oxygens (including phenoxy) is 1. The standard InChI is InChI=1S/C22H24N4O4/c1-25-12-9-23-20(25)22(28)14-21(29-15-22)7-10-26(11-8-21)19(27)18-13-17(24-30-18)16-5-3-2-4-6-16/h2-6,9,12-13,28H,7-8,10-11,14-15H2,1H3. The first-order valence-corrected chi connectivity index (χ1v) is 10.1. The van der Waals surface area contributed by atoms with E-state index in [9.17, 15) is 9.90 Å². The maximum Gasteiger partial charge on any atom is 0.292 e. The number of nitrogens with zero attached hydrogens (tertiary/aromatic N) is 4. The monoisotopic (exact) mass is 408 g/mol. The van der Waals surface area contributed by atoms with E-state index in [0.29, 0.717) is 43.9 Å². The number of amides is 1. The van der Waals surface area contributed by atoms with Gasteiger partial charge in [-0.2, -0.15) is 0 Å². The van der Waals surface area contributed by atoms with Crippen molar-refractivity contribution in [2.75, 3.05) is 19.7 Å². The van der Waals surface area contributed by atoms with E-state index in [-0.39, 0.29) is 18.3 Å². The lowest BCUT2D eigenvalue weighted by molar-refractivity contribution is -0.0442. The van der Waals surface area contributed by atoms with E-state index < -0.39 is 11.2 Å². The molecule has 156 valence electrons. The molecule has 3 aromatic rings. The summed E-state index contributed by atoms with van der Waals surface area (Å²) < 4.78 is 13.2. The van der Waals surface area contributed by atoms with Crippen molar-refractivity contribution in [3.63, 3.8) is 0 Å². The van der Waals surface area contributed by atoms with Crippen molar-refractivity contribution in [3.05, 3.63) is 60.4 Å². The molecular weight excluding hydrogens is 384 g/mol. The van der Waals surface area contributed by atoms with Crippen molar-refractivity contribution in [2.45, 2.75) is 30.5 Å². The molecule has 2 aliphatic heterocycles. The van der Waals surface area contributed by atoms with Crippen LogP contribution in [0.4, 0.5) is 0 Å². The third kappa shape index (κ3) is 3.22. The number of carbonyl (C=O) groups excluding carboxylic acids is 1. The minimum Gasteiger partial charge on any atom is -0.379 e. The van der Waals surface area contributed by atoms with E-state index in [1.54, 1.807) is 17.2 Å². The average molecular weight is 408 g/mol. The molecule has 0 saturated carbocycles. The Morgan fingerprint density at radius 2 is 1.97 bits per heavy atom. The number of hydrogen-bond donors (Lipinski definition) is 1. The molecule has 2 aliphatic rings. The lowest BCUT2D eigenvalue weighted by Crippen LogP contribution is -2.47. The Balaban J connectivity index is 1.25. The van der Waals surface area contributed by atoms with Crippen molar-refractivity contribution in [1.82, 2.24) is 19.6 Å². The van der Waals surface area contributed by atoms with Crippen LogP contribution in [0.1, 0.15) is 35.6 Å². The van der Waals surface area contributed by atoms with Crippen molar-refractivity contribution in [3.8, 4) is 11.3 Å². The summed E-state index contributed by atoms with van der Waals surface area (Å²) in [7, 11) is 1.87. The summed E-state index contributed by atoms with van der Waals surface area (Å²) in [6, 6.07) is 11.3. The maximum absolute atomic E-state index is 12.9. The predicted molar refractivity (Wildman–Crippen MR) is 107 cm³/mol. The number of aryl methyl sites for hydroxylation is 1. The van der Waals surface area contributed by atoms with Gasteiger partial charge in [0.2, 0.25) is 5.76 Å². The van der Waals surface area contributed by atoms with E-state index in [4.69, 9.17) is 9.26 Å². The molecule has 0 aliphatic carbocycles. The Morgan fingerprint density at radius 3 is 2.67 bits per heavy atom. The van der Waals surface area contributed by atoms with Gasteiger partial charge in [0.25, 0.3) is 5.91 Å². The Bertz CT molecular complexity index is 1050. The number of imidazole rings is 1. The number of aliphatic hydroxyl groups is 1. The summed E-state index contributed by atoms with van der Waals surface area (Å²) in [6.45, 7) is 1.29. The van der Waals surface area contributed by atoms with Gasteiger partial charge in [0.05, 0.1) is 12.2 Å². The van der Waals surface area contributed by atoms with Crippen molar-refractivity contribution in [1.29, 1.82) is 0 Å². The first kappa shape index (κ1) is 19.0. The van der Waals surface area contributed by atoms with E-state index in [0.717, 1.165) is 5.56 Å². The molecule has 1 aromatic carbocycles. The van der Waals surface area contributed by atoms with Crippen LogP contribution in [-0.4, -0.2) is 55.9 Å². The summed E-state index contributed by atoms with van der Waals surface area (Å²) in [5, 5.41) is 15.1. The van der Waals surface area contributed by atoms with Crippen LogP contribution < -0.4 is 0 Å². The van der Waals surface area contributed by atoms with Crippen LogP contribution in [0.15, 0.2) is 53.3 Å². The highest BCUT2D eigenvalue weighted by molar-refractivity contribution is 5.92. The second-order valence-electron chi connectivity index (χ2n) is 8.28. The first-order chi connectivity index (χ1) is 14.5. The van der Waals surface area contributed by atoms with Gasteiger partial charge in [0, 0.05) is 50.6 Å². The number of piperidine rings is 1. The zero-order chi connectivity index (χ0) is 20.8. The SMILES string of the molecule is Cn1ccnc1C1(O)COC2(CCN(C(=O)c3cc(-c4ccccc4)no3)CC2)C1. The fourth-order valence-corrected chi connectivity index (χ4v) is 4.58. The number of carbonyl (C=O) groups is 1. The molecule has 2 saturated heterocycles. The lowest BCUT2D eigenvalue weighted by Gasteiger charge is -2.38. The second-order valence-corrected chi connectivity index (χ2v) is 8.28. The summed E-state index contributed by atoms with van der Waals surface area (Å²) >= 11 is 0. The molecule has 4 heterocycles. The quantitative estimate of drug-likeness (QED) is 0.715. The van der Waals surface area contributed by atoms with Crippen LogP contribution in [-0.2, 0) is 17.4 Å². The maximum atomic E-state index is 12.9. The van der Waals surface area contributed by atoms with Crippen LogP contribution >= 0.6 is 0 Å². The lowest BCUT2D eigenvalue weighted by atomic mass is 9.83. The Labute approximate surface area is 174 Å². The zero-order valence-electron chi connectivity index (χ0n) is 16.8. The number of rotatable bonds is 3. The molecule has 0 bridgehead atoms. The van der Waals surface area contributed by atoms with Gasteiger partial charge in [-0.25, -0.2) is 4.98 Å². The van der Waals surface area contributed by atoms with E-state index >= 15 is 0 Å². The number of aromatic nitrogens is 3. The molecule has 8 heteroatoms. The topological polar surface area (TPSA) is 93.6 Å². The molecular formula is C22H24N4O4. The third-order valence-corrected chi connectivity index (χ3v) is 6.22. The highest BCUT2D eigenvalue weighted by Crippen LogP contribution is 2.44. The molecule has 5 rings (SSSR count). The molecule has 1 amide bonds. The summed E-state index contributed by atoms with van der Waals surface area (Å²) in [6.07, 6.45) is 5.30. The van der Waals surface area contributed by atoms with Crippen LogP contribution in [0.3, 0.4) is 0 Å². The average Bonchev–Trinajstić information content (AvgIpc) is 3.49. The largest absolute Gasteiger partial charge is 0.379 e. The van der Waals surface area contributed by atoms with Gasteiger partial charge in [0.15, 0.2) is 0 Å². The van der Waals surface area contributed by atoms with Gasteiger partial charge in [-0.3, -0.25) is 4.79 Å². The van der Waals surface area contributed by atoms with Gasteiger partial charge in [-0.1, -0.05) is 35.5 Å². The fourth-order valence-electron chi connectivity index (χ4n) is 4.58. The van der Waals surface area contributed by atoms with Crippen molar-refractivity contribution >= 4 is 5.91 Å². The van der Waals surface area contributed by atoms with E-state index in [2.05, 4.69) is 10.1 Å². The molecule has 1 N–H and O–H groups in total. The zero-order valence-corrected chi connectivity index (χ0v) is 16.8. The summed E-state index contributed by atoms with van der Waals surface area (Å²) in [5.74, 6) is 0.687. The van der Waals surface area contributed by atoms with Gasteiger partial charge >= 0.3 is 0 Å².